The van der Waals surface area contributed by atoms with Gasteiger partial charge in [0.25, 0.3) is 0 Å². The molecule has 0 heterocycles. The minimum Gasteiger partial charge on any atom is -0.399 e. The molecule has 19 heavy (non-hydrogen) atoms. The van der Waals surface area contributed by atoms with Crippen LogP contribution in [0.15, 0.2) is 35.7 Å². The lowest BCUT2D eigenvalue weighted by atomic mass is 10.2. The van der Waals surface area contributed by atoms with Gasteiger partial charge in [0.05, 0.1) is 5.56 Å². The Labute approximate surface area is 114 Å². The monoisotopic (exact) mass is 279 g/mol. The molecule has 0 saturated carbocycles. The number of nitrogens with two attached hydrogens (primary N) is 1. The molecule has 0 aromatic heterocycles. The Kier molecular flexibility index (Phi) is 5.10. The summed E-state index contributed by atoms with van der Waals surface area (Å²) in [5.74, 6) is 0. The van der Waals surface area contributed by atoms with Crippen molar-refractivity contribution < 1.29 is 8.42 Å². The number of anilines is 1. The van der Waals surface area contributed by atoms with E-state index in [0.29, 0.717) is 18.7 Å². The van der Waals surface area contributed by atoms with Crippen molar-refractivity contribution in [3.8, 4) is 6.07 Å². The van der Waals surface area contributed by atoms with Crippen molar-refractivity contribution in [2.45, 2.75) is 18.2 Å². The van der Waals surface area contributed by atoms with Gasteiger partial charge in [-0.2, -0.15) is 9.57 Å². The standard InChI is InChI=1S/C13H17N3O2S/c1-3-7-16(8-4-2)19(17,18)13-6-5-12(15)9-11(13)10-14/h3,5-6,9H,1,4,7-8,15H2,2H3. The summed E-state index contributed by atoms with van der Waals surface area (Å²) < 4.78 is 26.3. The van der Waals surface area contributed by atoms with E-state index < -0.39 is 10.0 Å². The van der Waals surface area contributed by atoms with E-state index in [2.05, 4.69) is 6.58 Å². The molecule has 0 bridgehead atoms. The van der Waals surface area contributed by atoms with Crippen LogP contribution in [-0.2, 0) is 10.0 Å². The predicted molar refractivity (Wildman–Crippen MR) is 74.8 cm³/mol. The van der Waals surface area contributed by atoms with E-state index >= 15 is 0 Å². The summed E-state index contributed by atoms with van der Waals surface area (Å²) in [5.41, 5.74) is 5.99. The number of nitrogens with zero attached hydrogens (tertiary/aromatic N) is 2. The molecule has 1 aromatic carbocycles. The van der Waals surface area contributed by atoms with Crippen LogP contribution in [0.25, 0.3) is 0 Å². The lowest BCUT2D eigenvalue weighted by Gasteiger charge is -2.20. The van der Waals surface area contributed by atoms with Crippen LogP contribution in [0.3, 0.4) is 0 Å². The SMILES string of the molecule is C=CCN(CCC)S(=O)(=O)c1ccc(N)cc1C#N. The Morgan fingerprint density at radius 1 is 1.53 bits per heavy atom. The fourth-order valence-corrected chi connectivity index (χ4v) is 3.33. The molecule has 0 aliphatic rings. The molecule has 0 atom stereocenters. The normalized spacial score (nSPS) is 11.2. The van der Waals surface area contributed by atoms with Crippen LogP contribution in [0.5, 0.6) is 0 Å². The van der Waals surface area contributed by atoms with E-state index in [9.17, 15) is 8.42 Å². The van der Waals surface area contributed by atoms with E-state index in [-0.39, 0.29) is 17.0 Å². The molecule has 0 amide bonds. The second kappa shape index (κ2) is 6.36. The van der Waals surface area contributed by atoms with Crippen LogP contribution in [0.1, 0.15) is 18.9 Å². The van der Waals surface area contributed by atoms with Crippen molar-refractivity contribution in [2.24, 2.45) is 0 Å². The Morgan fingerprint density at radius 3 is 2.74 bits per heavy atom. The molecule has 6 heteroatoms. The van der Waals surface area contributed by atoms with Gasteiger partial charge < -0.3 is 5.73 Å². The number of nitrogen functional groups attached to an aromatic ring is 1. The first kappa shape index (κ1) is 15.2. The van der Waals surface area contributed by atoms with Gasteiger partial charge in [-0.3, -0.25) is 0 Å². The number of rotatable bonds is 6. The molecule has 0 aliphatic heterocycles. The molecule has 1 aromatic rings. The Balaban J connectivity index is 3.33. The summed E-state index contributed by atoms with van der Waals surface area (Å²) in [6.45, 7) is 6.04. The highest BCUT2D eigenvalue weighted by Crippen LogP contribution is 2.22. The third-order valence-corrected chi connectivity index (χ3v) is 4.47. The van der Waals surface area contributed by atoms with Crippen LogP contribution in [0.4, 0.5) is 5.69 Å². The summed E-state index contributed by atoms with van der Waals surface area (Å²) in [6.07, 6.45) is 2.21. The first-order valence-corrected chi connectivity index (χ1v) is 7.32. The molecular weight excluding hydrogens is 262 g/mol. The average molecular weight is 279 g/mol. The van der Waals surface area contributed by atoms with Gasteiger partial charge in [0.1, 0.15) is 11.0 Å². The minimum absolute atomic E-state index is 0.0144. The summed E-state index contributed by atoms with van der Waals surface area (Å²) >= 11 is 0. The van der Waals surface area contributed by atoms with E-state index in [1.807, 2.05) is 13.0 Å². The van der Waals surface area contributed by atoms with Gasteiger partial charge in [-0.1, -0.05) is 13.0 Å². The predicted octanol–water partition coefficient (Wildman–Crippen LogP) is 1.73. The summed E-state index contributed by atoms with van der Waals surface area (Å²) in [7, 11) is -3.70. The van der Waals surface area contributed by atoms with Gasteiger partial charge in [0.15, 0.2) is 0 Å². The molecule has 102 valence electrons. The van der Waals surface area contributed by atoms with Gasteiger partial charge in [-0.15, -0.1) is 6.58 Å². The molecule has 0 radical (unpaired) electrons. The highest BCUT2D eigenvalue weighted by molar-refractivity contribution is 7.89. The van der Waals surface area contributed by atoms with Crippen LogP contribution >= 0.6 is 0 Å². The minimum atomic E-state index is -3.70. The van der Waals surface area contributed by atoms with E-state index in [1.165, 1.54) is 28.6 Å². The first-order valence-electron chi connectivity index (χ1n) is 5.88. The van der Waals surface area contributed by atoms with Crippen LogP contribution in [0.2, 0.25) is 0 Å². The molecule has 1 rings (SSSR count). The van der Waals surface area contributed by atoms with Crippen molar-refractivity contribution in [3.05, 3.63) is 36.4 Å². The smallest absolute Gasteiger partial charge is 0.244 e. The molecular formula is C13H17N3O2S. The van der Waals surface area contributed by atoms with Crippen molar-refractivity contribution in [1.29, 1.82) is 5.26 Å². The number of sulfonamides is 1. The zero-order valence-corrected chi connectivity index (χ0v) is 11.7. The fraction of sp³-hybridized carbons (Fsp3) is 0.308. The lowest BCUT2D eigenvalue weighted by molar-refractivity contribution is 0.441. The topological polar surface area (TPSA) is 87.2 Å². The van der Waals surface area contributed by atoms with E-state index in [4.69, 9.17) is 11.0 Å². The molecule has 0 spiro atoms. The van der Waals surface area contributed by atoms with Gasteiger partial charge >= 0.3 is 0 Å². The van der Waals surface area contributed by atoms with Crippen molar-refractivity contribution in [3.63, 3.8) is 0 Å². The number of hydrogen-bond acceptors (Lipinski definition) is 4. The summed E-state index contributed by atoms with van der Waals surface area (Å²) in [4.78, 5) is -0.0144. The van der Waals surface area contributed by atoms with Crippen molar-refractivity contribution in [2.75, 3.05) is 18.8 Å². The summed E-state index contributed by atoms with van der Waals surface area (Å²) in [6, 6.07) is 6.08. The highest BCUT2D eigenvalue weighted by Gasteiger charge is 2.25. The first-order chi connectivity index (χ1) is 8.97. The Morgan fingerprint density at radius 2 is 2.21 bits per heavy atom. The van der Waals surface area contributed by atoms with E-state index in [1.54, 1.807) is 0 Å². The highest BCUT2D eigenvalue weighted by atomic mass is 32.2. The quantitative estimate of drug-likeness (QED) is 0.634. The lowest BCUT2D eigenvalue weighted by Crippen LogP contribution is -2.32. The second-order valence-electron chi connectivity index (χ2n) is 4.02. The molecule has 0 fully saturated rings. The zero-order valence-electron chi connectivity index (χ0n) is 10.8. The van der Waals surface area contributed by atoms with Crippen molar-refractivity contribution >= 4 is 15.7 Å². The van der Waals surface area contributed by atoms with Crippen LogP contribution in [-0.4, -0.2) is 25.8 Å². The third kappa shape index (κ3) is 3.34. The molecule has 0 saturated heterocycles. The maximum Gasteiger partial charge on any atom is 0.244 e. The number of nitriles is 1. The maximum atomic E-state index is 12.5. The molecule has 5 nitrogen and oxygen atoms in total. The fourth-order valence-electron chi connectivity index (χ4n) is 1.70. The van der Waals surface area contributed by atoms with Gasteiger partial charge in [-0.25, -0.2) is 8.42 Å². The average Bonchev–Trinajstić information content (AvgIpc) is 2.38. The summed E-state index contributed by atoms with van der Waals surface area (Å²) in [5, 5.41) is 9.04. The van der Waals surface area contributed by atoms with E-state index in [0.717, 1.165) is 0 Å². The number of benzene rings is 1. The van der Waals surface area contributed by atoms with Crippen molar-refractivity contribution in [1.82, 2.24) is 4.31 Å². The van der Waals surface area contributed by atoms with Gasteiger partial charge in [0, 0.05) is 18.8 Å². The van der Waals surface area contributed by atoms with Crippen LogP contribution < -0.4 is 5.73 Å². The van der Waals surface area contributed by atoms with Crippen LogP contribution in [0, 0.1) is 11.3 Å². The molecule has 2 N–H and O–H groups in total. The molecule has 0 unspecified atom stereocenters. The Hall–Kier alpha value is -1.84. The zero-order chi connectivity index (χ0) is 14.5. The third-order valence-electron chi connectivity index (χ3n) is 2.55. The largest absolute Gasteiger partial charge is 0.399 e. The Bertz CT molecular complexity index is 603. The second-order valence-corrected chi connectivity index (χ2v) is 5.93. The maximum absolute atomic E-state index is 12.5. The van der Waals surface area contributed by atoms with Gasteiger partial charge in [-0.05, 0) is 24.6 Å². The molecule has 0 aliphatic carbocycles. The number of hydrogen-bond donors (Lipinski definition) is 1. The van der Waals surface area contributed by atoms with Gasteiger partial charge in [0.2, 0.25) is 10.0 Å².